The second kappa shape index (κ2) is 10.5. The number of hydrogen-bond donors (Lipinski definition) is 0. The number of nitrogens with zero attached hydrogens (tertiary/aromatic N) is 2. The highest BCUT2D eigenvalue weighted by Crippen LogP contribution is 2.54. The molecule has 2 fully saturated rings. The Morgan fingerprint density at radius 2 is 1.36 bits per heavy atom. The zero-order chi connectivity index (χ0) is 30.6. The summed E-state index contributed by atoms with van der Waals surface area (Å²) in [7, 11) is 0. The first-order chi connectivity index (χ1) is 21.2. The molecule has 4 atom stereocenters. The van der Waals surface area contributed by atoms with Gasteiger partial charge in [0, 0.05) is 6.20 Å². The van der Waals surface area contributed by atoms with Crippen LogP contribution in [0.3, 0.4) is 0 Å². The number of benzene rings is 4. The number of amides is 2. The summed E-state index contributed by atoms with van der Waals surface area (Å²) in [6, 6.07) is 28.0. The van der Waals surface area contributed by atoms with Gasteiger partial charge in [0.05, 0.1) is 29.1 Å². The van der Waals surface area contributed by atoms with Crippen LogP contribution in [0.25, 0.3) is 6.08 Å². The Bertz CT molecular complexity index is 1750. The van der Waals surface area contributed by atoms with Crippen molar-refractivity contribution in [2.45, 2.75) is 24.4 Å². The first-order valence-electron chi connectivity index (χ1n) is 14.1. The van der Waals surface area contributed by atoms with E-state index >= 15 is 0 Å². The molecule has 2 amide bonds. The molecule has 4 aromatic rings. The SMILES string of the molecule is O=C(OC(c1ccccc1)c1ccccc1)[C@@H]1[C@@H]2C(=O)N(c3cccc(C(F)(F)F)c3)C(=O)[C@@H]2C2c3ccccc3C=CN21. The van der Waals surface area contributed by atoms with Gasteiger partial charge in [-0.05, 0) is 46.5 Å². The van der Waals surface area contributed by atoms with Crippen LogP contribution in [0.1, 0.15) is 40.0 Å². The van der Waals surface area contributed by atoms with E-state index in [1.807, 2.05) is 91.0 Å². The monoisotopic (exact) mass is 594 g/mol. The molecule has 7 rings (SSSR count). The maximum atomic E-state index is 14.3. The van der Waals surface area contributed by atoms with Gasteiger partial charge in [0.25, 0.3) is 0 Å². The van der Waals surface area contributed by atoms with Crippen LogP contribution in [-0.2, 0) is 25.3 Å². The van der Waals surface area contributed by atoms with Crippen molar-refractivity contribution in [1.82, 2.24) is 4.90 Å². The van der Waals surface area contributed by atoms with Crippen molar-refractivity contribution in [3.8, 4) is 0 Å². The number of alkyl halides is 3. The van der Waals surface area contributed by atoms with Gasteiger partial charge in [-0.25, -0.2) is 9.69 Å². The number of halogens is 3. The second-order valence-electron chi connectivity index (χ2n) is 11.0. The van der Waals surface area contributed by atoms with Crippen LogP contribution < -0.4 is 4.90 Å². The van der Waals surface area contributed by atoms with E-state index in [0.717, 1.165) is 45.4 Å². The minimum absolute atomic E-state index is 0.186. The van der Waals surface area contributed by atoms with Crippen molar-refractivity contribution in [3.63, 3.8) is 0 Å². The van der Waals surface area contributed by atoms with Crippen molar-refractivity contribution in [2.75, 3.05) is 4.90 Å². The van der Waals surface area contributed by atoms with Crippen molar-refractivity contribution in [3.05, 3.63) is 143 Å². The lowest BCUT2D eigenvalue weighted by Gasteiger charge is -2.35. The molecule has 44 heavy (non-hydrogen) atoms. The average Bonchev–Trinajstić information content (AvgIpc) is 3.52. The van der Waals surface area contributed by atoms with Crippen LogP contribution >= 0.6 is 0 Å². The molecule has 0 bridgehead atoms. The summed E-state index contributed by atoms with van der Waals surface area (Å²) in [4.78, 5) is 45.0. The van der Waals surface area contributed by atoms with Crippen molar-refractivity contribution in [2.24, 2.45) is 11.8 Å². The van der Waals surface area contributed by atoms with E-state index < -0.39 is 59.5 Å². The summed E-state index contributed by atoms with van der Waals surface area (Å²) in [5, 5.41) is 0. The highest BCUT2D eigenvalue weighted by Gasteiger charge is 2.65. The number of carbonyl (C=O) groups is 3. The van der Waals surface area contributed by atoms with Gasteiger partial charge >= 0.3 is 12.1 Å². The third kappa shape index (κ3) is 4.47. The number of carbonyl (C=O) groups excluding carboxylic acids is 3. The average molecular weight is 595 g/mol. The summed E-state index contributed by atoms with van der Waals surface area (Å²) in [5.41, 5.74) is 1.84. The first kappa shape index (κ1) is 27.6. The van der Waals surface area contributed by atoms with Gasteiger partial charge in [-0.3, -0.25) is 9.59 Å². The van der Waals surface area contributed by atoms with Crippen molar-refractivity contribution < 1.29 is 32.3 Å². The van der Waals surface area contributed by atoms with Crippen LogP contribution in [0, 0.1) is 11.8 Å². The molecule has 3 aliphatic rings. The first-order valence-corrected chi connectivity index (χ1v) is 14.1. The molecule has 0 aliphatic carbocycles. The Balaban J connectivity index is 1.31. The van der Waals surface area contributed by atoms with E-state index in [-0.39, 0.29) is 5.69 Å². The lowest BCUT2D eigenvalue weighted by atomic mass is 9.84. The molecule has 9 heteroatoms. The van der Waals surface area contributed by atoms with E-state index in [4.69, 9.17) is 4.74 Å². The van der Waals surface area contributed by atoms with Gasteiger partial charge < -0.3 is 9.64 Å². The van der Waals surface area contributed by atoms with Crippen LogP contribution in [0.4, 0.5) is 18.9 Å². The maximum absolute atomic E-state index is 14.3. The Labute approximate surface area is 251 Å². The van der Waals surface area contributed by atoms with Gasteiger partial charge in [0.1, 0.15) is 6.04 Å². The standard InChI is InChI=1S/C35H25F3N2O4/c36-35(37,38)24-15-9-16-25(20-24)40-32(41)27-28(33(40)42)30(39-19-18-21-10-7-8-17-26(21)29(27)39)34(43)44-31(22-11-3-1-4-12-22)23-13-5-2-6-14-23/h1-20,27-31H/t27-,28+,29?,30-/m0/s1. The summed E-state index contributed by atoms with van der Waals surface area (Å²) in [6.07, 6.45) is -1.95. The molecular weight excluding hydrogens is 569 g/mol. The quantitative estimate of drug-likeness (QED) is 0.194. The lowest BCUT2D eigenvalue weighted by molar-refractivity contribution is -0.155. The number of hydrogen-bond acceptors (Lipinski definition) is 5. The van der Waals surface area contributed by atoms with E-state index in [2.05, 4.69) is 0 Å². The summed E-state index contributed by atoms with van der Waals surface area (Å²) in [5.74, 6) is -4.31. The fraction of sp³-hybridized carbons (Fsp3) is 0.171. The van der Waals surface area contributed by atoms with E-state index in [1.54, 1.807) is 11.1 Å². The van der Waals surface area contributed by atoms with Gasteiger partial charge in [-0.2, -0.15) is 13.2 Å². The molecular formula is C35H25F3N2O4. The normalized spacial score (nSPS) is 22.2. The second-order valence-corrected chi connectivity index (χ2v) is 11.0. The Morgan fingerprint density at radius 1 is 0.750 bits per heavy atom. The van der Waals surface area contributed by atoms with E-state index in [9.17, 15) is 27.6 Å². The molecule has 0 aromatic heterocycles. The molecule has 0 radical (unpaired) electrons. The zero-order valence-corrected chi connectivity index (χ0v) is 23.1. The molecule has 6 nitrogen and oxygen atoms in total. The number of fused-ring (bicyclic) bond motifs is 5. The third-order valence-electron chi connectivity index (χ3n) is 8.57. The lowest BCUT2D eigenvalue weighted by Crippen LogP contribution is -2.45. The third-order valence-corrected chi connectivity index (χ3v) is 8.57. The number of imide groups is 1. The van der Waals surface area contributed by atoms with Gasteiger partial charge in [-0.15, -0.1) is 0 Å². The zero-order valence-electron chi connectivity index (χ0n) is 23.1. The fourth-order valence-corrected chi connectivity index (χ4v) is 6.67. The number of anilines is 1. The van der Waals surface area contributed by atoms with Crippen molar-refractivity contribution >= 4 is 29.5 Å². The minimum atomic E-state index is -4.67. The number of esters is 1. The number of ether oxygens (including phenoxy) is 1. The van der Waals surface area contributed by atoms with Crippen molar-refractivity contribution in [1.29, 1.82) is 0 Å². The minimum Gasteiger partial charge on any atom is -0.451 e. The highest BCUT2D eigenvalue weighted by molar-refractivity contribution is 6.24. The summed E-state index contributed by atoms with van der Waals surface area (Å²) in [6.45, 7) is 0. The smallest absolute Gasteiger partial charge is 0.416 e. The molecule has 4 aromatic carbocycles. The molecule has 0 saturated carbocycles. The summed E-state index contributed by atoms with van der Waals surface area (Å²) < 4.78 is 46.9. The maximum Gasteiger partial charge on any atom is 0.416 e. The highest BCUT2D eigenvalue weighted by atomic mass is 19.4. The fourth-order valence-electron chi connectivity index (χ4n) is 6.67. The van der Waals surface area contributed by atoms with Crippen LogP contribution in [0.2, 0.25) is 0 Å². The van der Waals surface area contributed by atoms with E-state index in [1.165, 1.54) is 6.07 Å². The Hall–Kier alpha value is -5.18. The molecule has 1 unspecified atom stereocenters. The molecule has 3 heterocycles. The van der Waals surface area contributed by atoms with Crippen LogP contribution in [-0.4, -0.2) is 28.7 Å². The Morgan fingerprint density at radius 3 is 2.02 bits per heavy atom. The van der Waals surface area contributed by atoms with Crippen LogP contribution in [0.5, 0.6) is 0 Å². The molecule has 220 valence electrons. The number of rotatable bonds is 5. The predicted molar refractivity (Wildman–Crippen MR) is 156 cm³/mol. The molecule has 0 N–H and O–H groups in total. The predicted octanol–water partition coefficient (Wildman–Crippen LogP) is 6.55. The molecule has 3 aliphatic heterocycles. The summed E-state index contributed by atoms with van der Waals surface area (Å²) >= 11 is 0. The van der Waals surface area contributed by atoms with Gasteiger partial charge in [-0.1, -0.05) is 91.0 Å². The van der Waals surface area contributed by atoms with E-state index in [0.29, 0.717) is 0 Å². The largest absolute Gasteiger partial charge is 0.451 e. The Kier molecular flexibility index (Phi) is 6.61. The molecule has 2 saturated heterocycles. The van der Waals surface area contributed by atoms with Gasteiger partial charge in [0.2, 0.25) is 11.8 Å². The molecule has 0 spiro atoms. The van der Waals surface area contributed by atoms with Gasteiger partial charge in [0.15, 0.2) is 6.10 Å². The topological polar surface area (TPSA) is 66.9 Å². The van der Waals surface area contributed by atoms with Crippen LogP contribution in [0.15, 0.2) is 115 Å².